The molecule has 0 spiro atoms. The van der Waals surface area contributed by atoms with Crippen LogP contribution in [-0.2, 0) is 0 Å². The molecule has 3 heteroatoms. The molecule has 1 heterocycles. The molecule has 1 aromatic carbocycles. The zero-order chi connectivity index (χ0) is 13.1. The van der Waals surface area contributed by atoms with Gasteiger partial charge in [0.2, 0.25) is 0 Å². The second-order valence-electron chi connectivity index (χ2n) is 5.30. The predicted molar refractivity (Wildman–Crippen MR) is 78.0 cm³/mol. The van der Waals surface area contributed by atoms with Gasteiger partial charge in [0.25, 0.3) is 0 Å². The summed E-state index contributed by atoms with van der Waals surface area (Å²) in [6.45, 7) is 3.24. The van der Waals surface area contributed by atoms with E-state index in [1.165, 1.54) is 30.4 Å². The van der Waals surface area contributed by atoms with Crippen LogP contribution in [0.5, 0.6) is 0 Å². The summed E-state index contributed by atoms with van der Waals surface area (Å²) in [5, 5.41) is 8.10. The van der Waals surface area contributed by atoms with Crippen molar-refractivity contribution in [1.29, 1.82) is 0 Å². The summed E-state index contributed by atoms with van der Waals surface area (Å²) in [5.41, 5.74) is 2.46. The molecule has 3 rings (SSSR count). The Labute approximate surface area is 114 Å². The van der Waals surface area contributed by atoms with E-state index in [0.717, 1.165) is 6.54 Å². The Bertz CT molecular complexity index is 518. The molecule has 1 aliphatic rings. The summed E-state index contributed by atoms with van der Waals surface area (Å²) >= 11 is 0. The molecule has 3 nitrogen and oxygen atoms in total. The highest BCUT2D eigenvalue weighted by atomic mass is 15.3. The Balaban J connectivity index is 1.72. The number of hydrogen-bond acceptors (Lipinski definition) is 2. The maximum Gasteiger partial charge on any atom is 0.0568 e. The fourth-order valence-electron chi connectivity index (χ4n) is 2.99. The summed E-state index contributed by atoms with van der Waals surface area (Å²) in [6, 6.07) is 11.7. The third-order valence-electron chi connectivity index (χ3n) is 3.98. The smallest absolute Gasteiger partial charge is 0.0568 e. The molecule has 2 unspecified atom stereocenters. The number of nitrogens with one attached hydrogen (secondary N) is 1. The number of rotatable bonds is 4. The van der Waals surface area contributed by atoms with E-state index in [0.29, 0.717) is 12.1 Å². The summed E-state index contributed by atoms with van der Waals surface area (Å²) in [7, 11) is 0. The fraction of sp³-hybridized carbons (Fsp3) is 0.438. The standard InChI is InChI=1S/C16H21N3/c1-2-17-15-8-9-16(10-15)19-12-14(11-18-19)13-6-4-3-5-7-13/h3-7,11-12,15-17H,2,8-10H2,1H3. The van der Waals surface area contributed by atoms with E-state index in [1.807, 2.05) is 12.3 Å². The van der Waals surface area contributed by atoms with Crippen molar-refractivity contribution in [3.8, 4) is 11.1 Å². The van der Waals surface area contributed by atoms with Gasteiger partial charge in [0.15, 0.2) is 0 Å². The van der Waals surface area contributed by atoms with Gasteiger partial charge >= 0.3 is 0 Å². The van der Waals surface area contributed by atoms with Gasteiger partial charge in [-0.1, -0.05) is 37.3 Å². The third kappa shape index (κ3) is 2.71. The van der Waals surface area contributed by atoms with E-state index < -0.39 is 0 Å². The second-order valence-corrected chi connectivity index (χ2v) is 5.30. The van der Waals surface area contributed by atoms with Crippen molar-refractivity contribution in [3.63, 3.8) is 0 Å². The van der Waals surface area contributed by atoms with Gasteiger partial charge in [-0.25, -0.2) is 0 Å². The highest BCUT2D eigenvalue weighted by molar-refractivity contribution is 5.61. The van der Waals surface area contributed by atoms with Crippen LogP contribution in [0.1, 0.15) is 32.2 Å². The predicted octanol–water partition coefficient (Wildman–Crippen LogP) is 3.25. The van der Waals surface area contributed by atoms with Crippen LogP contribution < -0.4 is 5.32 Å². The fourth-order valence-corrected chi connectivity index (χ4v) is 2.99. The highest BCUT2D eigenvalue weighted by Crippen LogP contribution is 2.30. The van der Waals surface area contributed by atoms with Gasteiger partial charge in [-0.15, -0.1) is 0 Å². The molecular formula is C16H21N3. The number of hydrogen-bond donors (Lipinski definition) is 1. The van der Waals surface area contributed by atoms with Crippen LogP contribution >= 0.6 is 0 Å². The molecule has 0 saturated heterocycles. The van der Waals surface area contributed by atoms with Crippen molar-refractivity contribution in [1.82, 2.24) is 15.1 Å². The van der Waals surface area contributed by atoms with Gasteiger partial charge in [0.1, 0.15) is 0 Å². The first kappa shape index (κ1) is 12.4. The average molecular weight is 255 g/mol. The topological polar surface area (TPSA) is 29.9 Å². The van der Waals surface area contributed by atoms with Crippen molar-refractivity contribution < 1.29 is 0 Å². The maximum absolute atomic E-state index is 4.56. The van der Waals surface area contributed by atoms with Crippen molar-refractivity contribution in [2.24, 2.45) is 0 Å². The lowest BCUT2D eigenvalue weighted by atomic mass is 10.1. The zero-order valence-corrected chi connectivity index (χ0v) is 11.4. The SMILES string of the molecule is CCNC1CCC(n2cc(-c3ccccc3)cn2)C1. The lowest BCUT2D eigenvalue weighted by Gasteiger charge is -2.12. The van der Waals surface area contributed by atoms with Gasteiger partial charge in [0, 0.05) is 17.8 Å². The van der Waals surface area contributed by atoms with Gasteiger partial charge in [-0.3, -0.25) is 4.68 Å². The summed E-state index contributed by atoms with van der Waals surface area (Å²) in [6.07, 6.45) is 7.86. The van der Waals surface area contributed by atoms with Crippen molar-refractivity contribution in [2.75, 3.05) is 6.54 Å². The van der Waals surface area contributed by atoms with Crippen LogP contribution in [0.2, 0.25) is 0 Å². The first-order valence-electron chi connectivity index (χ1n) is 7.19. The molecular weight excluding hydrogens is 234 g/mol. The average Bonchev–Trinajstić information content (AvgIpc) is 3.08. The Morgan fingerprint density at radius 3 is 2.84 bits per heavy atom. The van der Waals surface area contributed by atoms with Gasteiger partial charge in [-0.2, -0.15) is 5.10 Å². The molecule has 1 N–H and O–H groups in total. The van der Waals surface area contributed by atoms with E-state index in [2.05, 4.69) is 52.5 Å². The van der Waals surface area contributed by atoms with E-state index in [-0.39, 0.29) is 0 Å². The normalized spacial score (nSPS) is 22.8. The summed E-state index contributed by atoms with van der Waals surface area (Å²) < 4.78 is 2.15. The molecule has 2 atom stereocenters. The number of nitrogens with zero attached hydrogens (tertiary/aromatic N) is 2. The Kier molecular flexibility index (Phi) is 3.65. The largest absolute Gasteiger partial charge is 0.314 e. The lowest BCUT2D eigenvalue weighted by molar-refractivity contribution is 0.445. The molecule has 1 fully saturated rings. The monoisotopic (exact) mass is 255 g/mol. The summed E-state index contributed by atoms with van der Waals surface area (Å²) in [4.78, 5) is 0. The van der Waals surface area contributed by atoms with Crippen LogP contribution in [0.25, 0.3) is 11.1 Å². The van der Waals surface area contributed by atoms with Crippen molar-refractivity contribution in [2.45, 2.75) is 38.3 Å². The van der Waals surface area contributed by atoms with Crippen LogP contribution in [0.3, 0.4) is 0 Å². The number of aromatic nitrogens is 2. The number of benzene rings is 1. The molecule has 1 aliphatic carbocycles. The van der Waals surface area contributed by atoms with Crippen molar-refractivity contribution >= 4 is 0 Å². The molecule has 2 aromatic rings. The molecule has 1 saturated carbocycles. The highest BCUT2D eigenvalue weighted by Gasteiger charge is 2.25. The Morgan fingerprint density at radius 1 is 1.21 bits per heavy atom. The Hall–Kier alpha value is -1.61. The summed E-state index contributed by atoms with van der Waals surface area (Å²) in [5.74, 6) is 0. The van der Waals surface area contributed by atoms with Crippen molar-refractivity contribution in [3.05, 3.63) is 42.7 Å². The van der Waals surface area contributed by atoms with Gasteiger partial charge in [0.05, 0.1) is 12.2 Å². The van der Waals surface area contributed by atoms with Gasteiger partial charge in [-0.05, 0) is 31.4 Å². The van der Waals surface area contributed by atoms with Crippen LogP contribution in [0.4, 0.5) is 0 Å². The maximum atomic E-state index is 4.56. The molecule has 19 heavy (non-hydrogen) atoms. The minimum Gasteiger partial charge on any atom is -0.314 e. The first-order valence-corrected chi connectivity index (χ1v) is 7.19. The van der Waals surface area contributed by atoms with Crippen LogP contribution in [0, 0.1) is 0 Å². The van der Waals surface area contributed by atoms with E-state index in [4.69, 9.17) is 0 Å². The quantitative estimate of drug-likeness (QED) is 0.909. The van der Waals surface area contributed by atoms with E-state index >= 15 is 0 Å². The van der Waals surface area contributed by atoms with Gasteiger partial charge < -0.3 is 5.32 Å². The molecule has 0 radical (unpaired) electrons. The zero-order valence-electron chi connectivity index (χ0n) is 11.4. The first-order chi connectivity index (χ1) is 9.36. The molecule has 1 aromatic heterocycles. The van der Waals surface area contributed by atoms with E-state index in [9.17, 15) is 0 Å². The molecule has 100 valence electrons. The molecule has 0 amide bonds. The lowest BCUT2D eigenvalue weighted by Crippen LogP contribution is -2.26. The van der Waals surface area contributed by atoms with E-state index in [1.54, 1.807) is 0 Å². The minimum absolute atomic E-state index is 0.557. The molecule has 0 bridgehead atoms. The van der Waals surface area contributed by atoms with Crippen LogP contribution in [-0.4, -0.2) is 22.4 Å². The second kappa shape index (κ2) is 5.57. The third-order valence-corrected chi connectivity index (χ3v) is 3.98. The Morgan fingerprint density at radius 2 is 2.05 bits per heavy atom. The minimum atomic E-state index is 0.557. The molecule has 0 aliphatic heterocycles. The van der Waals surface area contributed by atoms with Crippen LogP contribution in [0.15, 0.2) is 42.7 Å².